The van der Waals surface area contributed by atoms with Gasteiger partial charge in [-0.05, 0) is 31.2 Å². The molecule has 0 atom stereocenters. The molecule has 21 heavy (non-hydrogen) atoms. The SMILES string of the molecule is Cc1ccc(Oc2nc(C(F)(F)F)ccc2C(N)=O)cn1. The highest BCUT2D eigenvalue weighted by atomic mass is 19.4. The van der Waals surface area contributed by atoms with Gasteiger partial charge in [0.1, 0.15) is 17.0 Å². The summed E-state index contributed by atoms with van der Waals surface area (Å²) in [6.45, 7) is 1.74. The number of pyridine rings is 2. The summed E-state index contributed by atoms with van der Waals surface area (Å²) < 4.78 is 43.1. The lowest BCUT2D eigenvalue weighted by Gasteiger charge is -2.11. The summed E-state index contributed by atoms with van der Waals surface area (Å²) in [5.41, 5.74) is 4.37. The number of nitrogens with zero attached hydrogens (tertiary/aromatic N) is 2. The van der Waals surface area contributed by atoms with E-state index in [1.54, 1.807) is 13.0 Å². The number of alkyl halides is 3. The van der Waals surface area contributed by atoms with E-state index in [4.69, 9.17) is 10.5 Å². The largest absolute Gasteiger partial charge is 0.437 e. The average molecular weight is 297 g/mol. The Hall–Kier alpha value is -2.64. The van der Waals surface area contributed by atoms with Gasteiger partial charge in [-0.15, -0.1) is 0 Å². The van der Waals surface area contributed by atoms with Gasteiger partial charge in [0, 0.05) is 5.69 Å². The zero-order valence-electron chi connectivity index (χ0n) is 10.8. The van der Waals surface area contributed by atoms with Gasteiger partial charge >= 0.3 is 6.18 Å². The van der Waals surface area contributed by atoms with Gasteiger partial charge < -0.3 is 10.5 Å². The maximum Gasteiger partial charge on any atom is 0.433 e. The number of carbonyl (C=O) groups is 1. The molecule has 0 bridgehead atoms. The van der Waals surface area contributed by atoms with Crippen molar-refractivity contribution in [2.75, 3.05) is 0 Å². The van der Waals surface area contributed by atoms with Gasteiger partial charge in [0.25, 0.3) is 5.91 Å². The molecule has 2 aromatic rings. The molecule has 0 saturated heterocycles. The number of primary amides is 1. The van der Waals surface area contributed by atoms with E-state index in [2.05, 4.69) is 9.97 Å². The molecule has 0 spiro atoms. The van der Waals surface area contributed by atoms with Crippen LogP contribution in [0.4, 0.5) is 13.2 Å². The second kappa shape index (κ2) is 5.39. The van der Waals surface area contributed by atoms with Crippen LogP contribution in [0.1, 0.15) is 21.7 Å². The summed E-state index contributed by atoms with van der Waals surface area (Å²) in [6, 6.07) is 4.69. The van der Waals surface area contributed by atoms with Crippen LogP contribution in [0.3, 0.4) is 0 Å². The van der Waals surface area contributed by atoms with Crippen LogP contribution in [0.5, 0.6) is 11.6 Å². The smallest absolute Gasteiger partial charge is 0.433 e. The van der Waals surface area contributed by atoms with Gasteiger partial charge in [-0.1, -0.05) is 0 Å². The number of hydrogen-bond acceptors (Lipinski definition) is 4. The minimum Gasteiger partial charge on any atom is -0.437 e. The third-order valence-corrected chi connectivity index (χ3v) is 2.51. The first-order chi connectivity index (χ1) is 9.77. The van der Waals surface area contributed by atoms with E-state index in [9.17, 15) is 18.0 Å². The molecule has 0 aliphatic carbocycles. The van der Waals surface area contributed by atoms with E-state index in [1.165, 1.54) is 12.3 Å². The molecular formula is C13H10F3N3O2. The fraction of sp³-hybridized carbons (Fsp3) is 0.154. The first kappa shape index (κ1) is 14.8. The summed E-state index contributed by atoms with van der Waals surface area (Å²) >= 11 is 0. The molecule has 0 fully saturated rings. The quantitative estimate of drug-likeness (QED) is 0.944. The zero-order chi connectivity index (χ0) is 15.6. The molecule has 0 aromatic carbocycles. The molecule has 0 aliphatic rings. The van der Waals surface area contributed by atoms with E-state index in [1.807, 2.05) is 0 Å². The number of halogens is 3. The van der Waals surface area contributed by atoms with Crippen LogP contribution in [0, 0.1) is 6.92 Å². The lowest BCUT2D eigenvalue weighted by atomic mass is 10.2. The first-order valence-corrected chi connectivity index (χ1v) is 5.76. The standard InChI is InChI=1S/C13H10F3N3O2/c1-7-2-3-8(6-18-7)21-12-9(11(17)20)4-5-10(19-12)13(14,15)16/h2-6H,1H3,(H2,17,20). The van der Waals surface area contributed by atoms with Crippen molar-refractivity contribution in [2.24, 2.45) is 5.73 Å². The predicted octanol–water partition coefficient (Wildman–Crippen LogP) is 2.70. The van der Waals surface area contributed by atoms with Gasteiger partial charge in [-0.25, -0.2) is 4.98 Å². The van der Waals surface area contributed by atoms with Crippen molar-refractivity contribution >= 4 is 5.91 Å². The van der Waals surface area contributed by atoms with Crippen LogP contribution in [0.15, 0.2) is 30.5 Å². The summed E-state index contributed by atoms with van der Waals surface area (Å²) in [7, 11) is 0. The van der Waals surface area contributed by atoms with E-state index in [0.717, 1.165) is 6.07 Å². The summed E-state index contributed by atoms with van der Waals surface area (Å²) in [4.78, 5) is 18.5. The van der Waals surface area contributed by atoms with E-state index < -0.39 is 23.7 Å². The van der Waals surface area contributed by atoms with Crippen molar-refractivity contribution in [3.63, 3.8) is 0 Å². The van der Waals surface area contributed by atoms with Gasteiger partial charge in [-0.2, -0.15) is 13.2 Å². The molecule has 8 heteroatoms. The summed E-state index contributed by atoms with van der Waals surface area (Å²) in [6.07, 6.45) is -3.35. The topological polar surface area (TPSA) is 78.1 Å². The van der Waals surface area contributed by atoms with Crippen molar-refractivity contribution in [1.29, 1.82) is 0 Å². The molecule has 1 amide bonds. The molecule has 0 saturated carbocycles. The molecule has 2 rings (SSSR count). The van der Waals surface area contributed by atoms with Gasteiger partial charge in [0.05, 0.1) is 6.20 Å². The van der Waals surface area contributed by atoms with Crippen LogP contribution in [0.25, 0.3) is 0 Å². The summed E-state index contributed by atoms with van der Waals surface area (Å²) in [5, 5.41) is 0. The Morgan fingerprint density at radius 1 is 1.24 bits per heavy atom. The predicted molar refractivity (Wildman–Crippen MR) is 66.8 cm³/mol. The molecule has 2 heterocycles. The molecule has 0 unspecified atom stereocenters. The van der Waals surface area contributed by atoms with Gasteiger partial charge in [0.15, 0.2) is 0 Å². The normalized spacial score (nSPS) is 11.2. The van der Waals surface area contributed by atoms with Gasteiger partial charge in [-0.3, -0.25) is 9.78 Å². The fourth-order valence-electron chi connectivity index (χ4n) is 1.49. The fourth-order valence-corrected chi connectivity index (χ4v) is 1.49. The molecule has 2 N–H and O–H groups in total. The van der Waals surface area contributed by atoms with E-state index in [-0.39, 0.29) is 11.3 Å². The maximum atomic E-state index is 12.6. The third-order valence-electron chi connectivity index (χ3n) is 2.51. The van der Waals surface area contributed by atoms with Crippen LogP contribution in [-0.2, 0) is 6.18 Å². The average Bonchev–Trinajstić information content (AvgIpc) is 2.40. The Balaban J connectivity index is 2.43. The molecule has 0 radical (unpaired) electrons. The highest BCUT2D eigenvalue weighted by Gasteiger charge is 2.33. The maximum absolute atomic E-state index is 12.6. The number of aromatic nitrogens is 2. The number of rotatable bonds is 3. The highest BCUT2D eigenvalue weighted by Crippen LogP contribution is 2.31. The van der Waals surface area contributed by atoms with Crippen molar-refractivity contribution in [3.8, 4) is 11.6 Å². The minimum absolute atomic E-state index is 0.148. The molecule has 5 nitrogen and oxygen atoms in total. The number of nitrogens with two attached hydrogens (primary N) is 1. The number of aryl methyl sites for hydroxylation is 1. The number of amides is 1. The molecule has 0 aliphatic heterocycles. The van der Waals surface area contributed by atoms with E-state index >= 15 is 0 Å². The van der Waals surface area contributed by atoms with E-state index in [0.29, 0.717) is 11.8 Å². The molecular weight excluding hydrogens is 287 g/mol. The molecule has 110 valence electrons. The Labute approximate surface area is 117 Å². The van der Waals surface area contributed by atoms with Crippen molar-refractivity contribution < 1.29 is 22.7 Å². The lowest BCUT2D eigenvalue weighted by Crippen LogP contribution is -2.16. The van der Waals surface area contributed by atoms with Gasteiger partial charge in [0.2, 0.25) is 5.88 Å². The Morgan fingerprint density at radius 3 is 2.48 bits per heavy atom. The van der Waals surface area contributed by atoms with Crippen LogP contribution in [0.2, 0.25) is 0 Å². The second-order valence-corrected chi connectivity index (χ2v) is 4.15. The van der Waals surface area contributed by atoms with Crippen LogP contribution >= 0.6 is 0 Å². The Morgan fingerprint density at radius 2 is 1.95 bits per heavy atom. The molecule has 2 aromatic heterocycles. The first-order valence-electron chi connectivity index (χ1n) is 5.76. The van der Waals surface area contributed by atoms with Crippen LogP contribution in [-0.4, -0.2) is 15.9 Å². The number of ether oxygens (including phenoxy) is 1. The third kappa shape index (κ3) is 3.47. The monoisotopic (exact) mass is 297 g/mol. The second-order valence-electron chi connectivity index (χ2n) is 4.15. The number of carbonyl (C=O) groups excluding carboxylic acids is 1. The van der Waals surface area contributed by atoms with Crippen molar-refractivity contribution in [1.82, 2.24) is 9.97 Å². The van der Waals surface area contributed by atoms with Crippen molar-refractivity contribution in [2.45, 2.75) is 13.1 Å². The summed E-state index contributed by atoms with van der Waals surface area (Å²) in [5.74, 6) is -1.30. The highest BCUT2D eigenvalue weighted by molar-refractivity contribution is 5.95. The Kier molecular flexibility index (Phi) is 3.79. The number of hydrogen-bond donors (Lipinski definition) is 1. The zero-order valence-corrected chi connectivity index (χ0v) is 10.8. The Bertz CT molecular complexity index is 669. The van der Waals surface area contributed by atoms with Crippen LogP contribution < -0.4 is 10.5 Å². The van der Waals surface area contributed by atoms with Crippen molar-refractivity contribution in [3.05, 3.63) is 47.4 Å². The lowest BCUT2D eigenvalue weighted by molar-refractivity contribution is -0.141. The minimum atomic E-state index is -4.65.